The summed E-state index contributed by atoms with van der Waals surface area (Å²) in [7, 11) is 0. The van der Waals surface area contributed by atoms with Crippen molar-refractivity contribution in [3.05, 3.63) is 29.6 Å². The number of aryl methyl sites for hydroxylation is 1. The average Bonchev–Trinajstić information content (AvgIpc) is 2.17. The Bertz CT molecular complexity index is 525. The number of carbonyl (C=O) groups is 1. The van der Waals surface area contributed by atoms with Crippen LogP contribution in [0.5, 0.6) is 0 Å². The van der Waals surface area contributed by atoms with Crippen LogP contribution in [0.15, 0.2) is 18.2 Å². The van der Waals surface area contributed by atoms with Crippen LogP contribution in [0.25, 0.3) is 11.0 Å². The normalized spacial score (nSPS) is 10.5. The quantitative estimate of drug-likeness (QED) is 0.786. The largest absolute Gasteiger partial charge is 0.481 e. The zero-order valence-corrected chi connectivity index (χ0v) is 8.14. The molecule has 1 N–H and O–H groups in total. The summed E-state index contributed by atoms with van der Waals surface area (Å²) in [5, 5.41) is 16.3. The molecule has 15 heavy (non-hydrogen) atoms. The van der Waals surface area contributed by atoms with Crippen LogP contribution in [0.4, 0.5) is 0 Å². The van der Waals surface area contributed by atoms with E-state index in [2.05, 4.69) is 15.2 Å². The van der Waals surface area contributed by atoms with Gasteiger partial charge in [-0.3, -0.25) is 4.79 Å². The van der Waals surface area contributed by atoms with Gasteiger partial charge in [0, 0.05) is 0 Å². The van der Waals surface area contributed by atoms with Crippen molar-refractivity contribution in [3.63, 3.8) is 0 Å². The maximum atomic E-state index is 10.5. The lowest BCUT2D eigenvalue weighted by molar-refractivity contribution is -0.136. The van der Waals surface area contributed by atoms with Crippen molar-refractivity contribution in [3.8, 4) is 0 Å². The van der Waals surface area contributed by atoms with Crippen molar-refractivity contribution in [2.24, 2.45) is 0 Å². The number of fused-ring (bicyclic) bond motifs is 1. The Morgan fingerprint density at radius 3 is 2.93 bits per heavy atom. The van der Waals surface area contributed by atoms with E-state index >= 15 is 0 Å². The molecule has 2 rings (SSSR count). The minimum atomic E-state index is -0.955. The molecule has 0 aliphatic carbocycles. The first-order valence-electron chi connectivity index (χ1n) is 4.47. The van der Waals surface area contributed by atoms with Crippen molar-refractivity contribution < 1.29 is 9.90 Å². The highest BCUT2D eigenvalue weighted by molar-refractivity contribution is 5.77. The van der Waals surface area contributed by atoms with Gasteiger partial charge in [0.2, 0.25) is 0 Å². The molecule has 0 unspecified atom stereocenters. The van der Waals surface area contributed by atoms with Gasteiger partial charge in [-0.1, -0.05) is 12.1 Å². The van der Waals surface area contributed by atoms with Crippen LogP contribution in [0, 0.1) is 6.92 Å². The van der Waals surface area contributed by atoms with Crippen LogP contribution in [0.2, 0.25) is 0 Å². The summed E-state index contributed by atoms with van der Waals surface area (Å²) in [6.07, 6.45) is -0.198. The third-order valence-electron chi connectivity index (χ3n) is 2.04. The van der Waals surface area contributed by atoms with Crippen molar-refractivity contribution >= 4 is 17.0 Å². The minimum Gasteiger partial charge on any atom is -0.481 e. The second-order valence-corrected chi connectivity index (χ2v) is 3.24. The van der Waals surface area contributed by atoms with E-state index in [4.69, 9.17) is 5.11 Å². The number of benzene rings is 1. The Hall–Kier alpha value is -2.04. The number of hydrogen-bond acceptors (Lipinski definition) is 4. The summed E-state index contributed by atoms with van der Waals surface area (Å²) < 4.78 is 0. The summed E-state index contributed by atoms with van der Waals surface area (Å²) in [6.45, 7) is 1.91. The molecule has 0 atom stereocenters. The fraction of sp³-hybridized carbons (Fsp3) is 0.200. The summed E-state index contributed by atoms with van der Waals surface area (Å²) in [5.74, 6) is -0.718. The summed E-state index contributed by atoms with van der Waals surface area (Å²) in [5.41, 5.74) is 2.38. The Morgan fingerprint density at radius 1 is 1.40 bits per heavy atom. The number of rotatable bonds is 2. The Kier molecular flexibility index (Phi) is 2.29. The zero-order valence-electron chi connectivity index (χ0n) is 8.14. The van der Waals surface area contributed by atoms with Gasteiger partial charge in [0.25, 0.3) is 0 Å². The molecule has 0 saturated carbocycles. The van der Waals surface area contributed by atoms with Gasteiger partial charge in [0.1, 0.15) is 11.9 Å². The van der Waals surface area contributed by atoms with E-state index in [0.29, 0.717) is 11.0 Å². The van der Waals surface area contributed by atoms with E-state index < -0.39 is 5.97 Å². The molecule has 0 bridgehead atoms. The van der Waals surface area contributed by atoms with Crippen LogP contribution in [0.1, 0.15) is 11.4 Å². The summed E-state index contributed by atoms with van der Waals surface area (Å²) >= 11 is 0. The topological polar surface area (TPSA) is 76.0 Å². The third-order valence-corrected chi connectivity index (χ3v) is 2.04. The highest BCUT2D eigenvalue weighted by Gasteiger charge is 2.06. The van der Waals surface area contributed by atoms with Gasteiger partial charge in [-0.15, -0.1) is 10.2 Å². The SMILES string of the molecule is Cc1cccc2nc(CC(=O)O)nnc12. The number of hydrogen-bond donors (Lipinski definition) is 1. The molecule has 1 aromatic carbocycles. The third kappa shape index (κ3) is 1.90. The smallest absolute Gasteiger partial charge is 0.311 e. The average molecular weight is 203 g/mol. The van der Waals surface area contributed by atoms with Crippen LogP contribution >= 0.6 is 0 Å². The van der Waals surface area contributed by atoms with Crippen molar-refractivity contribution in [2.45, 2.75) is 13.3 Å². The highest BCUT2D eigenvalue weighted by atomic mass is 16.4. The molecular weight excluding hydrogens is 194 g/mol. The molecule has 2 aromatic rings. The first-order valence-corrected chi connectivity index (χ1v) is 4.47. The highest BCUT2D eigenvalue weighted by Crippen LogP contribution is 2.12. The maximum absolute atomic E-state index is 10.5. The number of aliphatic carboxylic acids is 1. The van der Waals surface area contributed by atoms with E-state index in [1.165, 1.54) is 0 Å². The minimum absolute atomic E-state index is 0.198. The first-order chi connectivity index (χ1) is 7.16. The van der Waals surface area contributed by atoms with Gasteiger partial charge >= 0.3 is 5.97 Å². The van der Waals surface area contributed by atoms with Gasteiger partial charge in [-0.25, -0.2) is 4.98 Å². The molecule has 0 spiro atoms. The Labute approximate surface area is 85.8 Å². The van der Waals surface area contributed by atoms with Gasteiger partial charge < -0.3 is 5.11 Å². The summed E-state index contributed by atoms with van der Waals surface area (Å²) in [4.78, 5) is 14.6. The van der Waals surface area contributed by atoms with Crippen molar-refractivity contribution in [2.75, 3.05) is 0 Å². The predicted octanol–water partition coefficient (Wildman–Crippen LogP) is 0.960. The maximum Gasteiger partial charge on any atom is 0.311 e. The first kappa shape index (κ1) is 9.51. The molecule has 0 fully saturated rings. The lowest BCUT2D eigenvalue weighted by Gasteiger charge is -2.00. The van der Waals surface area contributed by atoms with Gasteiger partial charge in [-0.2, -0.15) is 0 Å². The fourth-order valence-electron chi connectivity index (χ4n) is 1.34. The molecule has 0 saturated heterocycles. The summed E-state index contributed by atoms with van der Waals surface area (Å²) in [6, 6.07) is 5.56. The second kappa shape index (κ2) is 3.61. The number of carboxylic acid groups (broad SMARTS) is 1. The number of aromatic nitrogens is 3. The van der Waals surface area contributed by atoms with Crippen LogP contribution in [-0.2, 0) is 11.2 Å². The van der Waals surface area contributed by atoms with Crippen LogP contribution in [-0.4, -0.2) is 26.3 Å². The van der Waals surface area contributed by atoms with Crippen molar-refractivity contribution in [1.29, 1.82) is 0 Å². The monoisotopic (exact) mass is 203 g/mol. The second-order valence-electron chi connectivity index (χ2n) is 3.24. The molecule has 5 heteroatoms. The number of nitrogens with zero attached hydrogens (tertiary/aromatic N) is 3. The molecule has 0 aliphatic rings. The molecule has 1 heterocycles. The molecule has 0 aliphatic heterocycles. The van der Waals surface area contributed by atoms with E-state index in [0.717, 1.165) is 5.56 Å². The van der Waals surface area contributed by atoms with Crippen LogP contribution in [0.3, 0.4) is 0 Å². The van der Waals surface area contributed by atoms with Crippen molar-refractivity contribution in [1.82, 2.24) is 15.2 Å². The van der Waals surface area contributed by atoms with E-state index in [1.54, 1.807) is 6.07 Å². The van der Waals surface area contributed by atoms with E-state index in [-0.39, 0.29) is 12.2 Å². The molecular formula is C10H9N3O2. The number of carboxylic acids is 1. The zero-order chi connectivity index (χ0) is 10.8. The lowest BCUT2D eigenvalue weighted by atomic mass is 10.2. The molecule has 0 amide bonds. The van der Waals surface area contributed by atoms with Crippen LogP contribution < -0.4 is 0 Å². The fourth-order valence-corrected chi connectivity index (χ4v) is 1.34. The standard InChI is InChI=1S/C10H9N3O2/c1-6-3-2-4-7-10(6)13-12-8(11-7)5-9(14)15/h2-4H,5H2,1H3,(H,14,15). The molecule has 76 valence electrons. The molecule has 1 aromatic heterocycles. The predicted molar refractivity (Wildman–Crippen MR) is 53.4 cm³/mol. The van der Waals surface area contributed by atoms with E-state index in [9.17, 15) is 4.79 Å². The van der Waals surface area contributed by atoms with Gasteiger partial charge in [0.05, 0.1) is 5.52 Å². The van der Waals surface area contributed by atoms with E-state index in [1.807, 2.05) is 19.1 Å². The molecule has 5 nitrogen and oxygen atoms in total. The molecule has 0 radical (unpaired) electrons. The van der Waals surface area contributed by atoms with Gasteiger partial charge in [-0.05, 0) is 18.6 Å². The Morgan fingerprint density at radius 2 is 2.20 bits per heavy atom. The van der Waals surface area contributed by atoms with Gasteiger partial charge in [0.15, 0.2) is 5.82 Å². The lowest BCUT2D eigenvalue weighted by Crippen LogP contribution is -2.06. The Balaban J connectivity index is 2.52.